The Bertz CT molecular complexity index is 1780. The van der Waals surface area contributed by atoms with E-state index in [1.165, 1.54) is 6.07 Å². The molecule has 0 aliphatic rings. The lowest BCUT2D eigenvalue weighted by Crippen LogP contribution is -2.19. The quantitative estimate of drug-likeness (QED) is 0.271. The molecule has 0 saturated carbocycles. The van der Waals surface area contributed by atoms with Gasteiger partial charge < -0.3 is 19.2 Å². The van der Waals surface area contributed by atoms with Crippen molar-refractivity contribution in [1.82, 2.24) is 29.6 Å². The van der Waals surface area contributed by atoms with Crippen molar-refractivity contribution in [3.63, 3.8) is 0 Å². The van der Waals surface area contributed by atoms with E-state index in [2.05, 4.69) is 42.9 Å². The van der Waals surface area contributed by atoms with Crippen molar-refractivity contribution in [3.8, 4) is 39.5 Å². The lowest BCUT2D eigenvalue weighted by atomic mass is 10.0. The number of nitrogens with zero attached hydrogens (tertiary/aromatic N) is 4. The van der Waals surface area contributed by atoms with Gasteiger partial charge in [0.2, 0.25) is 0 Å². The molecule has 3 aromatic carbocycles. The summed E-state index contributed by atoms with van der Waals surface area (Å²) in [5, 5.41) is 9.79. The number of nitrogens with one attached hydrogen (secondary N) is 2. The number of halogens is 1. The summed E-state index contributed by atoms with van der Waals surface area (Å²) in [4.78, 5) is 9.99. The summed E-state index contributed by atoms with van der Waals surface area (Å²) >= 11 is 0. The molecule has 0 unspecified atom stereocenters. The molecular weight excluding hydrogens is 479 g/mol. The van der Waals surface area contributed by atoms with Crippen LogP contribution in [0.3, 0.4) is 0 Å². The predicted molar refractivity (Wildman–Crippen MR) is 150 cm³/mol. The van der Waals surface area contributed by atoms with Crippen LogP contribution in [-0.2, 0) is 7.05 Å². The zero-order chi connectivity index (χ0) is 26.4. The Hall–Kier alpha value is -4.43. The Morgan fingerprint density at radius 2 is 1.84 bits per heavy atom. The maximum atomic E-state index is 14.6. The van der Waals surface area contributed by atoms with Crippen LogP contribution in [-0.4, -0.2) is 56.9 Å². The molecule has 0 spiro atoms. The van der Waals surface area contributed by atoms with Gasteiger partial charge in [0.25, 0.3) is 0 Å². The van der Waals surface area contributed by atoms with Gasteiger partial charge in [-0.3, -0.25) is 5.10 Å². The number of imidazole rings is 1. The molecule has 0 bridgehead atoms. The standard InChI is InChI=1S/C30H29FN6O/c1-18-32-17-29(37(18)4)19-8-9-27-25(14-19)30(35-34-27)28-16-24-23(6-5-7-26(24)33-28)20-12-21(31)15-22(13-20)38-11-10-36(2)3/h5-9,12-17,33H,10-11H2,1-4H3,(H,34,35). The molecule has 3 heterocycles. The molecule has 0 aliphatic carbocycles. The SMILES string of the molecule is Cc1ncc(-c2ccc3[nH]nc(-c4cc5c(-c6cc(F)cc(OCCN(C)C)c6)cccc5[nH]4)c3c2)n1C. The Balaban J connectivity index is 1.41. The van der Waals surface area contributed by atoms with Crippen LogP contribution < -0.4 is 4.74 Å². The van der Waals surface area contributed by atoms with E-state index in [4.69, 9.17) is 4.74 Å². The molecule has 192 valence electrons. The minimum absolute atomic E-state index is 0.327. The molecule has 6 aromatic rings. The molecule has 0 fully saturated rings. The van der Waals surface area contributed by atoms with Crippen molar-refractivity contribution in [1.29, 1.82) is 0 Å². The topological polar surface area (TPSA) is 74.8 Å². The smallest absolute Gasteiger partial charge is 0.127 e. The average molecular weight is 509 g/mol. The fourth-order valence-corrected chi connectivity index (χ4v) is 4.83. The van der Waals surface area contributed by atoms with Crippen LogP contribution in [0.25, 0.3) is 55.6 Å². The van der Waals surface area contributed by atoms with Crippen LogP contribution in [0.5, 0.6) is 5.75 Å². The maximum absolute atomic E-state index is 14.6. The van der Waals surface area contributed by atoms with E-state index >= 15 is 0 Å². The molecule has 0 radical (unpaired) electrons. The number of fused-ring (bicyclic) bond motifs is 2. The van der Waals surface area contributed by atoms with Gasteiger partial charge in [0.1, 0.15) is 29.7 Å². The largest absolute Gasteiger partial charge is 0.492 e. The minimum atomic E-state index is -0.327. The number of likely N-dealkylation sites (N-methyl/N-ethyl adjacent to an activating group) is 1. The normalized spacial score (nSPS) is 11.7. The number of hydrogen-bond acceptors (Lipinski definition) is 4. The number of aromatic nitrogens is 5. The van der Waals surface area contributed by atoms with Crippen molar-refractivity contribution >= 4 is 21.8 Å². The van der Waals surface area contributed by atoms with Gasteiger partial charge >= 0.3 is 0 Å². The van der Waals surface area contributed by atoms with E-state index in [0.29, 0.717) is 12.4 Å². The summed E-state index contributed by atoms with van der Waals surface area (Å²) in [6.45, 7) is 3.23. The third-order valence-electron chi connectivity index (χ3n) is 6.99. The molecule has 0 amide bonds. The highest BCUT2D eigenvalue weighted by Crippen LogP contribution is 2.36. The summed E-state index contributed by atoms with van der Waals surface area (Å²) in [6, 6.07) is 19.2. The second-order valence-corrected chi connectivity index (χ2v) is 9.86. The molecule has 0 saturated heterocycles. The molecular formula is C30H29FN6O. The van der Waals surface area contributed by atoms with Crippen molar-refractivity contribution in [2.75, 3.05) is 27.2 Å². The molecule has 7 nitrogen and oxygen atoms in total. The first-order valence-corrected chi connectivity index (χ1v) is 12.5. The van der Waals surface area contributed by atoms with Gasteiger partial charge in [0.05, 0.1) is 23.1 Å². The maximum Gasteiger partial charge on any atom is 0.127 e. The van der Waals surface area contributed by atoms with Crippen LogP contribution in [0.15, 0.2) is 66.9 Å². The third-order valence-corrected chi connectivity index (χ3v) is 6.99. The van der Waals surface area contributed by atoms with Crippen LogP contribution in [0.1, 0.15) is 5.82 Å². The Morgan fingerprint density at radius 3 is 2.63 bits per heavy atom. The number of ether oxygens (including phenoxy) is 1. The molecule has 0 atom stereocenters. The highest BCUT2D eigenvalue weighted by molar-refractivity contribution is 6.01. The number of aromatic amines is 2. The van der Waals surface area contributed by atoms with Crippen molar-refractivity contribution in [2.24, 2.45) is 7.05 Å². The van der Waals surface area contributed by atoms with Gasteiger partial charge in [0.15, 0.2) is 0 Å². The Labute approximate surface area is 219 Å². The average Bonchev–Trinajstić information content (AvgIpc) is 3.59. The number of hydrogen-bond donors (Lipinski definition) is 2. The first-order valence-electron chi connectivity index (χ1n) is 12.5. The highest BCUT2D eigenvalue weighted by Gasteiger charge is 2.16. The second kappa shape index (κ2) is 9.46. The van der Waals surface area contributed by atoms with Gasteiger partial charge in [0, 0.05) is 41.5 Å². The number of benzene rings is 3. The Kier molecular flexibility index (Phi) is 5.96. The van der Waals surface area contributed by atoms with Crippen molar-refractivity contribution < 1.29 is 9.13 Å². The van der Waals surface area contributed by atoms with E-state index < -0.39 is 0 Å². The fourth-order valence-electron chi connectivity index (χ4n) is 4.83. The van der Waals surface area contributed by atoms with Crippen LogP contribution in [0, 0.1) is 12.7 Å². The first kappa shape index (κ1) is 23.9. The van der Waals surface area contributed by atoms with Crippen LogP contribution in [0.4, 0.5) is 4.39 Å². The highest BCUT2D eigenvalue weighted by atomic mass is 19.1. The van der Waals surface area contributed by atoms with Gasteiger partial charge in [-0.05, 0) is 68.5 Å². The van der Waals surface area contributed by atoms with Crippen LogP contribution >= 0.6 is 0 Å². The first-order chi connectivity index (χ1) is 18.4. The summed E-state index contributed by atoms with van der Waals surface area (Å²) in [5.74, 6) is 1.15. The summed E-state index contributed by atoms with van der Waals surface area (Å²) in [5.41, 5.74) is 7.42. The Morgan fingerprint density at radius 1 is 0.974 bits per heavy atom. The van der Waals surface area contributed by atoms with Crippen LogP contribution in [0.2, 0.25) is 0 Å². The lowest BCUT2D eigenvalue weighted by Gasteiger charge is -2.12. The number of rotatable bonds is 7. The van der Waals surface area contributed by atoms with Gasteiger partial charge in [-0.25, -0.2) is 9.37 Å². The van der Waals surface area contributed by atoms with E-state index in [-0.39, 0.29) is 5.82 Å². The molecule has 0 aliphatic heterocycles. The summed E-state index contributed by atoms with van der Waals surface area (Å²) in [7, 11) is 5.98. The van der Waals surface area contributed by atoms with E-state index in [1.807, 2.05) is 69.5 Å². The van der Waals surface area contributed by atoms with Crippen molar-refractivity contribution in [2.45, 2.75) is 6.92 Å². The fraction of sp³-hybridized carbons (Fsp3) is 0.200. The van der Waals surface area contributed by atoms with E-state index in [1.54, 1.807) is 6.07 Å². The van der Waals surface area contributed by atoms with Gasteiger partial charge in [-0.1, -0.05) is 18.2 Å². The lowest BCUT2D eigenvalue weighted by molar-refractivity contribution is 0.260. The minimum Gasteiger partial charge on any atom is -0.492 e. The second-order valence-electron chi connectivity index (χ2n) is 9.86. The molecule has 3 aromatic heterocycles. The molecule has 2 N–H and O–H groups in total. The zero-order valence-electron chi connectivity index (χ0n) is 21.8. The summed E-state index contributed by atoms with van der Waals surface area (Å²) in [6.07, 6.45) is 1.89. The predicted octanol–water partition coefficient (Wildman–Crippen LogP) is 6.17. The summed E-state index contributed by atoms with van der Waals surface area (Å²) < 4.78 is 22.5. The van der Waals surface area contributed by atoms with Gasteiger partial charge in [-0.15, -0.1) is 0 Å². The number of aryl methyl sites for hydroxylation is 1. The van der Waals surface area contributed by atoms with Gasteiger partial charge in [-0.2, -0.15) is 5.10 Å². The van der Waals surface area contributed by atoms with Crippen molar-refractivity contribution in [3.05, 3.63) is 78.5 Å². The van der Waals surface area contributed by atoms with E-state index in [9.17, 15) is 4.39 Å². The molecule has 38 heavy (non-hydrogen) atoms. The molecule has 8 heteroatoms. The third kappa shape index (κ3) is 4.33. The molecule has 6 rings (SSSR count). The number of H-pyrrole nitrogens is 2. The van der Waals surface area contributed by atoms with E-state index in [0.717, 1.165) is 67.9 Å². The monoisotopic (exact) mass is 508 g/mol. The zero-order valence-corrected chi connectivity index (χ0v) is 21.8.